The van der Waals surface area contributed by atoms with Crippen LogP contribution in [0.15, 0.2) is 42.5 Å². The first kappa shape index (κ1) is 21.5. The van der Waals surface area contributed by atoms with Gasteiger partial charge in [-0.3, -0.25) is 9.69 Å². The Kier molecular flexibility index (Phi) is 6.72. The minimum absolute atomic E-state index is 0.237. The van der Waals surface area contributed by atoms with Crippen molar-refractivity contribution in [1.29, 1.82) is 5.26 Å². The Morgan fingerprint density at radius 2 is 1.78 bits per heavy atom. The van der Waals surface area contributed by atoms with E-state index < -0.39 is 5.97 Å². The van der Waals surface area contributed by atoms with Crippen molar-refractivity contribution < 1.29 is 28.5 Å². The molecule has 0 atom stereocenters. The quantitative estimate of drug-likeness (QED) is 0.602. The van der Waals surface area contributed by atoms with Gasteiger partial charge in [-0.05, 0) is 29.8 Å². The third-order valence-corrected chi connectivity index (χ3v) is 5.28. The van der Waals surface area contributed by atoms with Crippen LogP contribution in [0, 0.1) is 11.3 Å². The molecule has 9 heteroatoms. The highest BCUT2D eigenvalue weighted by Crippen LogP contribution is 2.32. The van der Waals surface area contributed by atoms with Crippen LogP contribution in [0.4, 0.5) is 0 Å². The number of hydrogen-bond acceptors (Lipinski definition) is 8. The maximum Gasteiger partial charge on any atom is 0.344 e. The van der Waals surface area contributed by atoms with Crippen molar-refractivity contribution in [2.75, 3.05) is 46.2 Å². The summed E-state index contributed by atoms with van der Waals surface area (Å²) in [7, 11) is 0. The summed E-state index contributed by atoms with van der Waals surface area (Å²) >= 11 is 0. The molecule has 1 fully saturated rings. The summed E-state index contributed by atoms with van der Waals surface area (Å²) in [6, 6.07) is 14.5. The predicted octanol–water partition coefficient (Wildman–Crippen LogP) is 1.55. The molecular weight excluding hydrogens is 414 g/mol. The third-order valence-electron chi connectivity index (χ3n) is 5.28. The molecule has 2 aliphatic rings. The summed E-state index contributed by atoms with van der Waals surface area (Å²) in [6.45, 7) is 2.89. The standard InChI is InChI=1S/C23H23N3O6/c24-12-18-3-1-2-4-19(18)29-15-23(28)30-14-22(27)26-9-7-25(8-10-26)13-17-5-6-20-21(11-17)32-16-31-20/h1-6,11H,7-10,13-16H2. The number of hydrogen-bond donors (Lipinski definition) is 0. The number of esters is 1. The number of para-hydroxylation sites is 1. The predicted molar refractivity (Wildman–Crippen MR) is 112 cm³/mol. The van der Waals surface area contributed by atoms with Crippen LogP contribution in [-0.4, -0.2) is 67.9 Å². The monoisotopic (exact) mass is 437 g/mol. The number of nitriles is 1. The Hall–Kier alpha value is -3.77. The molecule has 2 aromatic carbocycles. The summed E-state index contributed by atoms with van der Waals surface area (Å²) in [5, 5.41) is 9.03. The van der Waals surface area contributed by atoms with Crippen LogP contribution in [0.2, 0.25) is 0 Å². The average Bonchev–Trinajstić information content (AvgIpc) is 3.30. The lowest BCUT2D eigenvalue weighted by atomic mass is 10.1. The van der Waals surface area contributed by atoms with Crippen molar-refractivity contribution in [3.8, 4) is 23.3 Å². The van der Waals surface area contributed by atoms with E-state index in [1.807, 2.05) is 24.3 Å². The van der Waals surface area contributed by atoms with E-state index in [0.29, 0.717) is 24.4 Å². The van der Waals surface area contributed by atoms with Gasteiger partial charge >= 0.3 is 5.97 Å². The van der Waals surface area contributed by atoms with Gasteiger partial charge in [0.25, 0.3) is 5.91 Å². The van der Waals surface area contributed by atoms with Crippen LogP contribution in [0.25, 0.3) is 0 Å². The molecule has 0 aliphatic carbocycles. The van der Waals surface area contributed by atoms with Gasteiger partial charge in [0, 0.05) is 32.7 Å². The van der Waals surface area contributed by atoms with Gasteiger partial charge in [0.1, 0.15) is 11.8 Å². The van der Waals surface area contributed by atoms with Crippen LogP contribution >= 0.6 is 0 Å². The van der Waals surface area contributed by atoms with Crippen LogP contribution in [0.1, 0.15) is 11.1 Å². The van der Waals surface area contributed by atoms with E-state index in [0.717, 1.165) is 36.7 Å². The number of nitrogens with zero attached hydrogens (tertiary/aromatic N) is 3. The van der Waals surface area contributed by atoms with E-state index in [9.17, 15) is 9.59 Å². The molecule has 0 saturated carbocycles. The summed E-state index contributed by atoms with van der Waals surface area (Å²) in [4.78, 5) is 28.2. The van der Waals surface area contributed by atoms with E-state index in [-0.39, 0.29) is 25.9 Å². The zero-order valence-electron chi connectivity index (χ0n) is 17.5. The molecule has 166 valence electrons. The highest BCUT2D eigenvalue weighted by atomic mass is 16.7. The van der Waals surface area contributed by atoms with Crippen molar-refractivity contribution in [3.05, 3.63) is 53.6 Å². The molecule has 0 bridgehead atoms. The van der Waals surface area contributed by atoms with Crippen LogP contribution in [0.3, 0.4) is 0 Å². The van der Waals surface area contributed by atoms with Gasteiger partial charge in [-0.1, -0.05) is 18.2 Å². The minimum Gasteiger partial charge on any atom is -0.481 e. The second-order valence-corrected chi connectivity index (χ2v) is 7.40. The number of amides is 1. The number of carbonyl (C=O) groups is 2. The Morgan fingerprint density at radius 1 is 1.00 bits per heavy atom. The largest absolute Gasteiger partial charge is 0.481 e. The van der Waals surface area contributed by atoms with Crippen LogP contribution in [-0.2, 0) is 20.9 Å². The van der Waals surface area contributed by atoms with Crippen molar-refractivity contribution in [1.82, 2.24) is 9.80 Å². The maximum atomic E-state index is 12.4. The number of fused-ring (bicyclic) bond motifs is 1. The molecule has 0 aromatic heterocycles. The van der Waals surface area contributed by atoms with Crippen LogP contribution < -0.4 is 14.2 Å². The first-order valence-corrected chi connectivity index (χ1v) is 10.3. The lowest BCUT2D eigenvalue weighted by Crippen LogP contribution is -2.49. The molecule has 4 rings (SSSR count). The molecule has 2 aliphatic heterocycles. The fourth-order valence-electron chi connectivity index (χ4n) is 3.55. The highest BCUT2D eigenvalue weighted by molar-refractivity contribution is 5.81. The fraction of sp³-hybridized carbons (Fsp3) is 0.348. The van der Waals surface area contributed by atoms with Gasteiger partial charge in [0.2, 0.25) is 6.79 Å². The van der Waals surface area contributed by atoms with Crippen molar-refractivity contribution in [2.45, 2.75) is 6.54 Å². The van der Waals surface area contributed by atoms with E-state index in [1.54, 1.807) is 29.2 Å². The van der Waals surface area contributed by atoms with Gasteiger partial charge in [0.05, 0.1) is 5.56 Å². The van der Waals surface area contributed by atoms with E-state index >= 15 is 0 Å². The number of carbonyl (C=O) groups excluding carboxylic acids is 2. The topological polar surface area (TPSA) is 101 Å². The first-order chi connectivity index (χ1) is 15.6. The van der Waals surface area contributed by atoms with Crippen molar-refractivity contribution in [3.63, 3.8) is 0 Å². The zero-order valence-corrected chi connectivity index (χ0v) is 17.5. The number of piperazine rings is 1. The minimum atomic E-state index is -0.660. The van der Waals surface area contributed by atoms with Gasteiger partial charge < -0.3 is 23.8 Å². The van der Waals surface area contributed by atoms with E-state index in [4.69, 9.17) is 24.2 Å². The normalized spacial score (nSPS) is 15.2. The van der Waals surface area contributed by atoms with E-state index in [1.165, 1.54) is 0 Å². The number of rotatable bonds is 7. The molecule has 0 radical (unpaired) electrons. The SMILES string of the molecule is N#Cc1ccccc1OCC(=O)OCC(=O)N1CCN(Cc2ccc3c(c2)OCO3)CC1. The molecule has 0 N–H and O–H groups in total. The molecule has 1 saturated heterocycles. The molecule has 1 amide bonds. The van der Waals surface area contributed by atoms with Gasteiger partial charge in [0.15, 0.2) is 24.7 Å². The Morgan fingerprint density at radius 3 is 2.59 bits per heavy atom. The summed E-state index contributed by atoms with van der Waals surface area (Å²) in [6.07, 6.45) is 0. The number of ether oxygens (including phenoxy) is 4. The fourth-order valence-corrected chi connectivity index (χ4v) is 3.55. The third kappa shape index (κ3) is 5.28. The van der Waals surface area contributed by atoms with Crippen molar-refractivity contribution in [2.24, 2.45) is 0 Å². The lowest BCUT2D eigenvalue weighted by Gasteiger charge is -2.34. The van der Waals surface area contributed by atoms with E-state index in [2.05, 4.69) is 4.90 Å². The summed E-state index contributed by atoms with van der Waals surface area (Å²) < 4.78 is 21.1. The molecule has 9 nitrogen and oxygen atoms in total. The molecule has 0 spiro atoms. The second kappa shape index (κ2) is 10.0. The Bertz CT molecular complexity index is 1030. The van der Waals surface area contributed by atoms with Crippen LogP contribution in [0.5, 0.6) is 17.2 Å². The molecule has 2 aromatic rings. The first-order valence-electron chi connectivity index (χ1n) is 10.3. The van der Waals surface area contributed by atoms with Crippen molar-refractivity contribution >= 4 is 11.9 Å². The molecular formula is C23H23N3O6. The Labute approximate surface area is 185 Å². The average molecular weight is 437 g/mol. The summed E-state index contributed by atoms with van der Waals surface area (Å²) in [5.74, 6) is 0.930. The molecule has 0 unspecified atom stereocenters. The second-order valence-electron chi connectivity index (χ2n) is 7.40. The molecule has 2 heterocycles. The van der Waals surface area contributed by atoms with Gasteiger partial charge in [-0.2, -0.15) is 5.26 Å². The maximum absolute atomic E-state index is 12.4. The zero-order chi connectivity index (χ0) is 22.3. The lowest BCUT2D eigenvalue weighted by molar-refractivity contribution is -0.154. The van der Waals surface area contributed by atoms with Gasteiger partial charge in [-0.15, -0.1) is 0 Å². The summed E-state index contributed by atoms with van der Waals surface area (Å²) in [5.41, 5.74) is 1.45. The smallest absolute Gasteiger partial charge is 0.344 e. The highest BCUT2D eigenvalue weighted by Gasteiger charge is 2.23. The molecule has 32 heavy (non-hydrogen) atoms. The van der Waals surface area contributed by atoms with Gasteiger partial charge in [-0.25, -0.2) is 4.79 Å². The Balaban J connectivity index is 1.17. The number of benzene rings is 2.